The Bertz CT molecular complexity index is 518. The quantitative estimate of drug-likeness (QED) is 0.872. The molecule has 0 atom stereocenters. The summed E-state index contributed by atoms with van der Waals surface area (Å²) in [7, 11) is 0. The van der Waals surface area contributed by atoms with Crippen molar-refractivity contribution < 1.29 is 19.1 Å². The summed E-state index contributed by atoms with van der Waals surface area (Å²) in [6, 6.07) is 1.62. The number of rotatable bonds is 4. The van der Waals surface area contributed by atoms with Crippen LogP contribution in [0.5, 0.6) is 0 Å². The Balaban J connectivity index is 1.84. The number of imide groups is 1. The molecule has 1 aliphatic heterocycles. The van der Waals surface area contributed by atoms with Crippen LogP contribution in [-0.2, 0) is 9.53 Å². The van der Waals surface area contributed by atoms with E-state index in [0.717, 1.165) is 4.90 Å². The van der Waals surface area contributed by atoms with Gasteiger partial charge >= 0.3 is 6.09 Å². The summed E-state index contributed by atoms with van der Waals surface area (Å²) in [5.41, 5.74) is 0.393. The van der Waals surface area contributed by atoms with Crippen LogP contribution in [0.3, 0.4) is 0 Å². The fourth-order valence-corrected chi connectivity index (χ4v) is 1.88. The number of hydrogen-bond acceptors (Lipinski definition) is 5. The lowest BCUT2D eigenvalue weighted by Crippen LogP contribution is -2.37. The monoisotopic (exact) mass is 327 g/mol. The van der Waals surface area contributed by atoms with Gasteiger partial charge in [-0.1, -0.05) is 0 Å². The van der Waals surface area contributed by atoms with Crippen molar-refractivity contribution >= 4 is 33.8 Å². The van der Waals surface area contributed by atoms with Crippen LogP contribution in [0.1, 0.15) is 10.4 Å². The Morgan fingerprint density at radius 3 is 2.89 bits per heavy atom. The summed E-state index contributed by atoms with van der Waals surface area (Å²) >= 11 is 3.21. The number of pyridine rings is 1. The molecule has 0 spiro atoms. The van der Waals surface area contributed by atoms with Gasteiger partial charge in [-0.15, -0.1) is 0 Å². The smallest absolute Gasteiger partial charge is 0.417 e. The summed E-state index contributed by atoms with van der Waals surface area (Å²) in [4.78, 5) is 38.9. The number of ether oxygens (including phenoxy) is 1. The summed E-state index contributed by atoms with van der Waals surface area (Å²) < 4.78 is 5.24. The lowest BCUT2D eigenvalue weighted by molar-refractivity contribution is -0.125. The van der Waals surface area contributed by atoms with E-state index in [2.05, 4.69) is 31.0 Å². The van der Waals surface area contributed by atoms with E-state index in [-0.39, 0.29) is 25.6 Å². The second-order valence-corrected chi connectivity index (χ2v) is 4.66. The van der Waals surface area contributed by atoms with E-state index in [9.17, 15) is 14.4 Å². The molecule has 1 aliphatic rings. The topological polar surface area (TPSA) is 88.6 Å². The van der Waals surface area contributed by atoms with Crippen LogP contribution in [-0.4, -0.2) is 47.5 Å². The highest BCUT2D eigenvalue weighted by Crippen LogP contribution is 2.09. The van der Waals surface area contributed by atoms with Gasteiger partial charge in [-0.25, -0.2) is 9.69 Å². The van der Waals surface area contributed by atoms with Crippen molar-refractivity contribution in [1.29, 1.82) is 0 Å². The Hall–Kier alpha value is -1.96. The SMILES string of the molecule is O=C(NCCN1C(=O)COC1=O)c1cncc(Br)c1. The number of hydrogen-bond donors (Lipinski definition) is 1. The number of carbonyl (C=O) groups is 3. The maximum absolute atomic E-state index is 11.7. The first-order valence-corrected chi connectivity index (χ1v) is 6.23. The van der Waals surface area contributed by atoms with Gasteiger partial charge < -0.3 is 10.1 Å². The van der Waals surface area contributed by atoms with Crippen molar-refractivity contribution in [3.8, 4) is 0 Å². The zero-order valence-corrected chi connectivity index (χ0v) is 11.3. The van der Waals surface area contributed by atoms with Crippen LogP contribution in [0.2, 0.25) is 0 Å². The minimum absolute atomic E-state index is 0.0881. The molecule has 2 heterocycles. The van der Waals surface area contributed by atoms with Crippen LogP contribution < -0.4 is 5.32 Å². The van der Waals surface area contributed by atoms with Crippen LogP contribution >= 0.6 is 15.9 Å². The van der Waals surface area contributed by atoms with E-state index in [1.54, 1.807) is 12.3 Å². The van der Waals surface area contributed by atoms with Gasteiger partial charge in [0.1, 0.15) is 0 Å². The first-order chi connectivity index (χ1) is 9.08. The molecule has 0 unspecified atom stereocenters. The first kappa shape index (κ1) is 13.5. The maximum Gasteiger partial charge on any atom is 0.417 e. The molecule has 0 radical (unpaired) electrons. The van der Waals surface area contributed by atoms with Gasteiger partial charge in [0.15, 0.2) is 6.61 Å². The first-order valence-electron chi connectivity index (χ1n) is 5.44. The van der Waals surface area contributed by atoms with Crippen molar-refractivity contribution in [2.45, 2.75) is 0 Å². The van der Waals surface area contributed by atoms with E-state index in [1.165, 1.54) is 6.20 Å². The number of aromatic nitrogens is 1. The van der Waals surface area contributed by atoms with Crippen molar-refractivity contribution in [3.05, 3.63) is 28.5 Å². The minimum Gasteiger partial charge on any atom is -0.439 e. The molecule has 19 heavy (non-hydrogen) atoms. The van der Waals surface area contributed by atoms with Crippen molar-refractivity contribution in [2.75, 3.05) is 19.7 Å². The number of nitrogens with zero attached hydrogens (tertiary/aromatic N) is 2. The van der Waals surface area contributed by atoms with E-state index >= 15 is 0 Å². The highest BCUT2D eigenvalue weighted by molar-refractivity contribution is 9.10. The molecule has 100 valence electrons. The summed E-state index contributed by atoms with van der Waals surface area (Å²) in [5, 5.41) is 2.59. The van der Waals surface area contributed by atoms with Gasteiger partial charge in [0.05, 0.1) is 5.56 Å². The predicted molar refractivity (Wildman–Crippen MR) is 67.3 cm³/mol. The Morgan fingerprint density at radius 2 is 2.26 bits per heavy atom. The van der Waals surface area contributed by atoms with Crippen molar-refractivity contribution in [1.82, 2.24) is 15.2 Å². The molecular formula is C11H10BrN3O4. The molecule has 2 rings (SSSR count). The average Bonchev–Trinajstić information content (AvgIpc) is 2.70. The summed E-state index contributed by atoms with van der Waals surface area (Å²) in [6.45, 7) is 0.0133. The van der Waals surface area contributed by atoms with E-state index in [4.69, 9.17) is 0 Å². The van der Waals surface area contributed by atoms with E-state index in [0.29, 0.717) is 10.0 Å². The summed E-state index contributed by atoms with van der Waals surface area (Å²) in [6.07, 6.45) is 2.31. The molecule has 1 fully saturated rings. The molecule has 0 aliphatic carbocycles. The highest BCUT2D eigenvalue weighted by atomic mass is 79.9. The Morgan fingerprint density at radius 1 is 1.47 bits per heavy atom. The normalized spacial score (nSPS) is 14.5. The molecule has 0 aromatic carbocycles. The van der Waals surface area contributed by atoms with Crippen LogP contribution in [0.25, 0.3) is 0 Å². The zero-order chi connectivity index (χ0) is 13.8. The fourth-order valence-electron chi connectivity index (χ4n) is 1.52. The molecule has 8 heteroatoms. The second-order valence-electron chi connectivity index (χ2n) is 3.75. The number of nitrogens with one attached hydrogen (secondary N) is 1. The zero-order valence-electron chi connectivity index (χ0n) is 9.76. The minimum atomic E-state index is -0.677. The average molecular weight is 328 g/mol. The third kappa shape index (κ3) is 3.28. The molecule has 7 nitrogen and oxygen atoms in total. The molecular weight excluding hydrogens is 318 g/mol. The highest BCUT2D eigenvalue weighted by Gasteiger charge is 2.30. The van der Waals surface area contributed by atoms with Gasteiger partial charge in [-0.2, -0.15) is 0 Å². The molecule has 0 saturated carbocycles. The molecule has 1 aromatic heterocycles. The number of halogens is 1. The van der Waals surface area contributed by atoms with Crippen LogP contribution in [0.15, 0.2) is 22.9 Å². The van der Waals surface area contributed by atoms with E-state index in [1.807, 2.05) is 0 Å². The molecule has 1 saturated heterocycles. The molecule has 1 aromatic rings. The van der Waals surface area contributed by atoms with Gasteiger partial charge in [-0.3, -0.25) is 14.6 Å². The van der Waals surface area contributed by atoms with E-state index < -0.39 is 12.0 Å². The van der Waals surface area contributed by atoms with Gasteiger partial charge in [-0.05, 0) is 22.0 Å². The van der Waals surface area contributed by atoms with Crippen molar-refractivity contribution in [2.24, 2.45) is 0 Å². The summed E-state index contributed by atoms with van der Waals surface area (Å²) in [5.74, 6) is -0.725. The number of cyclic esters (lactones) is 1. The lowest BCUT2D eigenvalue weighted by atomic mass is 10.3. The third-order valence-electron chi connectivity index (χ3n) is 2.43. The van der Waals surface area contributed by atoms with Crippen LogP contribution in [0, 0.1) is 0 Å². The van der Waals surface area contributed by atoms with Gasteiger partial charge in [0.25, 0.3) is 11.8 Å². The van der Waals surface area contributed by atoms with Crippen LogP contribution in [0.4, 0.5) is 4.79 Å². The predicted octanol–water partition coefficient (Wildman–Crippen LogP) is 0.553. The largest absolute Gasteiger partial charge is 0.439 e. The fraction of sp³-hybridized carbons (Fsp3) is 0.273. The maximum atomic E-state index is 11.7. The second kappa shape index (κ2) is 5.79. The molecule has 1 N–H and O–H groups in total. The van der Waals surface area contributed by atoms with Gasteiger partial charge in [0, 0.05) is 30.0 Å². The standard InChI is InChI=1S/C11H10BrN3O4/c12-8-3-7(4-13-5-8)10(17)14-1-2-15-9(16)6-19-11(15)18/h3-5H,1-2,6H2,(H,14,17). The lowest BCUT2D eigenvalue weighted by Gasteiger charge is -2.11. The van der Waals surface area contributed by atoms with Gasteiger partial charge in [0.2, 0.25) is 0 Å². The number of carbonyl (C=O) groups excluding carboxylic acids is 3. The number of amides is 3. The molecule has 3 amide bonds. The third-order valence-corrected chi connectivity index (χ3v) is 2.86. The molecule has 0 bridgehead atoms. The van der Waals surface area contributed by atoms with Crippen molar-refractivity contribution in [3.63, 3.8) is 0 Å². The Labute approximate surface area is 117 Å². The Kier molecular flexibility index (Phi) is 4.10.